The molecule has 0 aliphatic heterocycles. The second-order valence-electron chi connectivity index (χ2n) is 4.26. The molecule has 96 valence electrons. The van der Waals surface area contributed by atoms with E-state index in [1.165, 1.54) is 17.0 Å². The summed E-state index contributed by atoms with van der Waals surface area (Å²) < 4.78 is 7.70. The fourth-order valence-corrected chi connectivity index (χ4v) is 2.14. The minimum Gasteiger partial charge on any atom is -0.494 e. The van der Waals surface area contributed by atoms with Crippen molar-refractivity contribution in [3.8, 4) is 17.0 Å². The third-order valence-corrected chi connectivity index (χ3v) is 3.01. The molecule has 0 aliphatic rings. The zero-order chi connectivity index (χ0) is 13.0. The van der Waals surface area contributed by atoms with Gasteiger partial charge in [-0.1, -0.05) is 0 Å². The molecule has 0 saturated carbocycles. The molecule has 3 heteroatoms. The summed E-state index contributed by atoms with van der Waals surface area (Å²) in [6.45, 7) is 6.29. The molecular formula is C15H20N2O. The van der Waals surface area contributed by atoms with Crippen molar-refractivity contribution in [2.45, 2.75) is 20.4 Å². The van der Waals surface area contributed by atoms with Crippen molar-refractivity contribution in [2.75, 3.05) is 13.2 Å². The van der Waals surface area contributed by atoms with Gasteiger partial charge >= 0.3 is 0 Å². The number of hydrogen-bond acceptors (Lipinski definition) is 2. The number of aryl methyl sites for hydroxylation is 1. The molecule has 0 spiro atoms. The van der Waals surface area contributed by atoms with Gasteiger partial charge in [0.1, 0.15) is 5.75 Å². The summed E-state index contributed by atoms with van der Waals surface area (Å²) in [7, 11) is 0. The third-order valence-electron chi connectivity index (χ3n) is 3.01. The minimum atomic E-state index is 0.652. The third kappa shape index (κ3) is 2.57. The number of rotatable bonds is 5. The highest BCUT2D eigenvalue weighted by Gasteiger charge is 2.06. The molecule has 1 aromatic carbocycles. The molecule has 2 N–H and O–H groups in total. The lowest BCUT2D eigenvalue weighted by Crippen LogP contribution is -2.11. The van der Waals surface area contributed by atoms with Crippen molar-refractivity contribution in [1.29, 1.82) is 0 Å². The monoisotopic (exact) mass is 244 g/mol. The lowest BCUT2D eigenvalue weighted by atomic mass is 10.1. The molecule has 0 radical (unpaired) electrons. The molecule has 2 rings (SSSR count). The zero-order valence-corrected chi connectivity index (χ0v) is 11.0. The van der Waals surface area contributed by atoms with Gasteiger partial charge < -0.3 is 15.0 Å². The first kappa shape index (κ1) is 12.7. The number of aromatic nitrogens is 1. The molecule has 2 aromatic rings. The van der Waals surface area contributed by atoms with Crippen molar-refractivity contribution in [1.82, 2.24) is 4.57 Å². The van der Waals surface area contributed by atoms with Crippen molar-refractivity contribution in [3.05, 3.63) is 42.1 Å². The van der Waals surface area contributed by atoms with Gasteiger partial charge in [0.2, 0.25) is 0 Å². The first-order chi connectivity index (χ1) is 8.76. The number of benzene rings is 1. The van der Waals surface area contributed by atoms with E-state index in [0.29, 0.717) is 13.2 Å². The van der Waals surface area contributed by atoms with Crippen molar-refractivity contribution < 1.29 is 4.74 Å². The normalized spacial score (nSPS) is 10.6. The van der Waals surface area contributed by atoms with E-state index in [1.807, 2.05) is 19.1 Å². The van der Waals surface area contributed by atoms with Crippen LogP contribution in [0.1, 0.15) is 12.6 Å². The van der Waals surface area contributed by atoms with Crippen LogP contribution in [-0.4, -0.2) is 17.7 Å². The van der Waals surface area contributed by atoms with Gasteiger partial charge in [-0.15, -0.1) is 0 Å². The van der Waals surface area contributed by atoms with E-state index in [4.69, 9.17) is 10.5 Å². The molecule has 1 aromatic heterocycles. The maximum atomic E-state index is 5.66. The summed E-state index contributed by atoms with van der Waals surface area (Å²) in [5, 5.41) is 0. The van der Waals surface area contributed by atoms with Gasteiger partial charge in [0.25, 0.3) is 0 Å². The van der Waals surface area contributed by atoms with Crippen LogP contribution in [0.4, 0.5) is 0 Å². The highest BCUT2D eigenvalue weighted by molar-refractivity contribution is 5.61. The van der Waals surface area contributed by atoms with Crippen molar-refractivity contribution in [3.63, 3.8) is 0 Å². The van der Waals surface area contributed by atoms with Crippen LogP contribution in [0.15, 0.2) is 36.4 Å². The smallest absolute Gasteiger partial charge is 0.119 e. The van der Waals surface area contributed by atoms with Crippen LogP contribution in [0, 0.1) is 6.92 Å². The van der Waals surface area contributed by atoms with E-state index < -0.39 is 0 Å². The molecule has 3 nitrogen and oxygen atoms in total. The highest BCUT2D eigenvalue weighted by atomic mass is 16.5. The van der Waals surface area contributed by atoms with Crippen LogP contribution in [0.5, 0.6) is 5.75 Å². The Morgan fingerprint density at radius 3 is 2.44 bits per heavy atom. The second kappa shape index (κ2) is 5.74. The summed E-state index contributed by atoms with van der Waals surface area (Å²) in [4.78, 5) is 0. The van der Waals surface area contributed by atoms with E-state index in [0.717, 1.165) is 12.3 Å². The molecule has 0 bridgehead atoms. The van der Waals surface area contributed by atoms with Gasteiger partial charge in [0.05, 0.1) is 6.61 Å². The number of nitrogens with two attached hydrogens (primary N) is 1. The summed E-state index contributed by atoms with van der Waals surface area (Å²) >= 11 is 0. The molecule has 0 aliphatic carbocycles. The lowest BCUT2D eigenvalue weighted by Gasteiger charge is -2.11. The summed E-state index contributed by atoms with van der Waals surface area (Å²) in [6, 6.07) is 12.5. The molecule has 1 heterocycles. The molecule has 0 amide bonds. The summed E-state index contributed by atoms with van der Waals surface area (Å²) in [5.74, 6) is 0.912. The molecule has 0 saturated heterocycles. The largest absolute Gasteiger partial charge is 0.494 e. The average Bonchev–Trinajstić information content (AvgIpc) is 2.73. The zero-order valence-electron chi connectivity index (χ0n) is 11.0. The average molecular weight is 244 g/mol. The Balaban J connectivity index is 2.30. The topological polar surface area (TPSA) is 40.2 Å². The van der Waals surface area contributed by atoms with Crippen LogP contribution in [0.3, 0.4) is 0 Å². The SMILES string of the molecule is CCOc1ccc(-c2ccc(C)n2CCN)cc1. The van der Waals surface area contributed by atoms with Gasteiger partial charge in [-0.2, -0.15) is 0 Å². The van der Waals surface area contributed by atoms with Gasteiger partial charge in [-0.3, -0.25) is 0 Å². The van der Waals surface area contributed by atoms with Gasteiger partial charge in [-0.25, -0.2) is 0 Å². The number of nitrogens with zero attached hydrogens (tertiary/aromatic N) is 1. The molecule has 0 atom stereocenters. The van der Waals surface area contributed by atoms with Crippen LogP contribution in [0.2, 0.25) is 0 Å². The van der Waals surface area contributed by atoms with Gasteiger partial charge in [-0.05, 0) is 55.8 Å². The lowest BCUT2D eigenvalue weighted by molar-refractivity contribution is 0.340. The highest BCUT2D eigenvalue weighted by Crippen LogP contribution is 2.24. The van der Waals surface area contributed by atoms with Crippen LogP contribution in [-0.2, 0) is 6.54 Å². The van der Waals surface area contributed by atoms with Gasteiger partial charge in [0, 0.05) is 24.5 Å². The Labute approximate surface area is 108 Å². The van der Waals surface area contributed by atoms with Gasteiger partial charge in [0.15, 0.2) is 0 Å². The Bertz CT molecular complexity index is 500. The van der Waals surface area contributed by atoms with E-state index in [-0.39, 0.29) is 0 Å². The van der Waals surface area contributed by atoms with E-state index in [9.17, 15) is 0 Å². The Morgan fingerprint density at radius 1 is 1.11 bits per heavy atom. The molecular weight excluding hydrogens is 224 g/mol. The fraction of sp³-hybridized carbons (Fsp3) is 0.333. The maximum Gasteiger partial charge on any atom is 0.119 e. The van der Waals surface area contributed by atoms with Crippen LogP contribution in [0.25, 0.3) is 11.3 Å². The standard InChI is InChI=1S/C15H20N2O/c1-3-18-14-7-5-13(6-8-14)15-9-4-12(2)17(15)11-10-16/h4-9H,3,10-11,16H2,1-2H3. The Morgan fingerprint density at radius 2 is 1.83 bits per heavy atom. The van der Waals surface area contributed by atoms with Crippen molar-refractivity contribution >= 4 is 0 Å². The van der Waals surface area contributed by atoms with E-state index in [2.05, 4.69) is 35.8 Å². The summed E-state index contributed by atoms with van der Waals surface area (Å²) in [6.07, 6.45) is 0. The maximum absolute atomic E-state index is 5.66. The second-order valence-corrected chi connectivity index (χ2v) is 4.26. The molecule has 18 heavy (non-hydrogen) atoms. The van der Waals surface area contributed by atoms with Crippen molar-refractivity contribution in [2.24, 2.45) is 5.73 Å². The fourth-order valence-electron chi connectivity index (χ4n) is 2.14. The number of hydrogen-bond donors (Lipinski definition) is 1. The first-order valence-corrected chi connectivity index (χ1v) is 6.35. The predicted octanol–water partition coefficient (Wildman–Crippen LogP) is 2.82. The Hall–Kier alpha value is -1.74. The number of ether oxygens (including phenoxy) is 1. The Kier molecular flexibility index (Phi) is 4.05. The quantitative estimate of drug-likeness (QED) is 0.878. The predicted molar refractivity (Wildman–Crippen MR) is 74.8 cm³/mol. The summed E-state index contributed by atoms with van der Waals surface area (Å²) in [5.41, 5.74) is 9.30. The minimum absolute atomic E-state index is 0.652. The molecule has 0 fully saturated rings. The molecule has 0 unspecified atom stereocenters. The van der Waals surface area contributed by atoms with Crippen LogP contribution < -0.4 is 10.5 Å². The van der Waals surface area contributed by atoms with Crippen LogP contribution >= 0.6 is 0 Å². The van der Waals surface area contributed by atoms with E-state index in [1.54, 1.807) is 0 Å². The first-order valence-electron chi connectivity index (χ1n) is 6.35. The van der Waals surface area contributed by atoms with E-state index >= 15 is 0 Å².